The molecule has 0 N–H and O–H groups in total. The monoisotopic (exact) mass is 363 g/mol. The van der Waals surface area contributed by atoms with Crippen LogP contribution in [0.4, 0.5) is 0 Å². The van der Waals surface area contributed by atoms with E-state index in [9.17, 15) is 9.59 Å². The topological polar surface area (TPSA) is 56.3 Å². The van der Waals surface area contributed by atoms with Gasteiger partial charge in [-0.2, -0.15) is 0 Å². The number of aromatic nitrogens is 1. The highest BCUT2D eigenvalue weighted by molar-refractivity contribution is 7.98. The average Bonchev–Trinajstić information content (AvgIpc) is 2.72. The maximum Gasteiger partial charge on any atom is 0.341 e. The highest BCUT2D eigenvalue weighted by Gasteiger charge is 2.27. The van der Waals surface area contributed by atoms with E-state index in [1.165, 1.54) is 11.8 Å². The summed E-state index contributed by atoms with van der Waals surface area (Å²) in [6.07, 6.45) is 2.44. The molecule has 1 unspecified atom stereocenters. The third kappa shape index (κ3) is 4.00. The van der Waals surface area contributed by atoms with Gasteiger partial charge in [-0.05, 0) is 18.4 Å². The lowest BCUT2D eigenvalue weighted by Gasteiger charge is -2.18. The van der Waals surface area contributed by atoms with E-state index in [0.717, 1.165) is 0 Å². The second-order valence-corrected chi connectivity index (χ2v) is 6.28. The van der Waals surface area contributed by atoms with Gasteiger partial charge in [0.05, 0.1) is 5.56 Å². The molecule has 0 aliphatic rings. The number of thioether (sulfide) groups is 1. The number of esters is 1. The Labute approximate surface area is 156 Å². The quantitative estimate of drug-likeness (QED) is 0.364. The van der Waals surface area contributed by atoms with E-state index >= 15 is 0 Å². The van der Waals surface area contributed by atoms with Crippen molar-refractivity contribution >= 4 is 23.5 Å². The number of carbonyl (C=O) groups is 2. The summed E-state index contributed by atoms with van der Waals surface area (Å²) < 4.78 is 5.64. The van der Waals surface area contributed by atoms with Crippen molar-refractivity contribution < 1.29 is 14.3 Å². The molecule has 1 heterocycles. The number of rotatable bonds is 6. The van der Waals surface area contributed by atoms with Gasteiger partial charge in [-0.1, -0.05) is 60.7 Å². The minimum atomic E-state index is -1.01. The molecule has 0 saturated heterocycles. The SMILES string of the molecule is CSc1ncccc1C(=O)OC(C(=O)c1ccccc1)c1ccccc1. The van der Waals surface area contributed by atoms with Crippen molar-refractivity contribution in [2.75, 3.05) is 6.26 Å². The molecule has 4 nitrogen and oxygen atoms in total. The Kier molecular flexibility index (Phi) is 5.81. The number of pyridine rings is 1. The van der Waals surface area contributed by atoms with Gasteiger partial charge in [0.2, 0.25) is 5.78 Å². The molecule has 130 valence electrons. The maximum atomic E-state index is 13.0. The van der Waals surface area contributed by atoms with Crippen LogP contribution in [0.3, 0.4) is 0 Å². The van der Waals surface area contributed by atoms with Gasteiger partial charge in [-0.15, -0.1) is 11.8 Å². The fourth-order valence-electron chi connectivity index (χ4n) is 2.53. The van der Waals surface area contributed by atoms with Gasteiger partial charge in [0.25, 0.3) is 0 Å². The first-order chi connectivity index (χ1) is 12.7. The van der Waals surface area contributed by atoms with Gasteiger partial charge in [-0.3, -0.25) is 4.79 Å². The summed E-state index contributed by atoms with van der Waals surface area (Å²) in [5, 5.41) is 0.566. The molecular weight excluding hydrogens is 346 g/mol. The lowest BCUT2D eigenvalue weighted by atomic mass is 10.00. The molecule has 0 bridgehead atoms. The van der Waals surface area contributed by atoms with Crippen molar-refractivity contribution in [3.8, 4) is 0 Å². The summed E-state index contributed by atoms with van der Waals surface area (Å²) in [6, 6.07) is 21.2. The van der Waals surface area contributed by atoms with Gasteiger partial charge < -0.3 is 4.74 Å². The first-order valence-electron chi connectivity index (χ1n) is 8.05. The number of ether oxygens (including phenoxy) is 1. The van der Waals surface area contributed by atoms with Crippen molar-refractivity contribution in [3.63, 3.8) is 0 Å². The highest BCUT2D eigenvalue weighted by atomic mass is 32.2. The first kappa shape index (κ1) is 17.9. The summed E-state index contributed by atoms with van der Waals surface area (Å²) >= 11 is 1.35. The summed E-state index contributed by atoms with van der Waals surface area (Å²) in [6.45, 7) is 0. The largest absolute Gasteiger partial charge is 0.445 e. The second kappa shape index (κ2) is 8.45. The van der Waals surface area contributed by atoms with Gasteiger partial charge >= 0.3 is 5.97 Å². The zero-order valence-corrected chi connectivity index (χ0v) is 15.0. The van der Waals surface area contributed by atoms with Crippen LogP contribution in [-0.4, -0.2) is 23.0 Å². The second-order valence-electron chi connectivity index (χ2n) is 5.49. The van der Waals surface area contributed by atoms with E-state index < -0.39 is 12.1 Å². The van der Waals surface area contributed by atoms with Crippen LogP contribution in [0, 0.1) is 0 Å². The maximum absolute atomic E-state index is 13.0. The molecule has 3 rings (SSSR count). The average molecular weight is 363 g/mol. The molecule has 0 aliphatic carbocycles. The lowest BCUT2D eigenvalue weighted by molar-refractivity contribution is 0.0276. The van der Waals surface area contributed by atoms with Crippen LogP contribution in [0.15, 0.2) is 84.0 Å². The van der Waals surface area contributed by atoms with E-state index in [0.29, 0.717) is 21.7 Å². The zero-order valence-electron chi connectivity index (χ0n) is 14.2. The van der Waals surface area contributed by atoms with E-state index in [4.69, 9.17) is 4.74 Å². The molecule has 0 aliphatic heterocycles. The Morgan fingerprint density at radius 3 is 2.23 bits per heavy atom. The van der Waals surface area contributed by atoms with Crippen molar-refractivity contribution in [3.05, 3.63) is 95.7 Å². The van der Waals surface area contributed by atoms with Crippen molar-refractivity contribution in [1.29, 1.82) is 0 Å². The molecule has 0 amide bonds. The highest BCUT2D eigenvalue weighted by Crippen LogP contribution is 2.26. The predicted octanol–water partition coefficient (Wildman–Crippen LogP) is 4.58. The van der Waals surface area contributed by atoms with Crippen LogP contribution in [0.5, 0.6) is 0 Å². The number of hydrogen-bond donors (Lipinski definition) is 0. The standard InChI is InChI=1S/C21H17NO3S/c1-26-20-17(13-8-14-22-20)21(24)25-19(16-11-6-3-7-12-16)18(23)15-9-4-2-5-10-15/h2-14,19H,1H3. The molecule has 0 spiro atoms. The molecule has 0 radical (unpaired) electrons. The fraction of sp³-hybridized carbons (Fsp3) is 0.0952. The minimum absolute atomic E-state index is 0.264. The third-order valence-corrected chi connectivity index (χ3v) is 4.52. The molecule has 0 fully saturated rings. The van der Waals surface area contributed by atoms with Gasteiger partial charge in [-0.25, -0.2) is 9.78 Å². The van der Waals surface area contributed by atoms with Crippen LogP contribution in [0.2, 0.25) is 0 Å². The van der Waals surface area contributed by atoms with Gasteiger partial charge in [0.1, 0.15) is 5.03 Å². The number of carbonyl (C=O) groups excluding carboxylic acids is 2. The molecule has 3 aromatic rings. The van der Waals surface area contributed by atoms with Crippen molar-refractivity contribution in [2.24, 2.45) is 0 Å². The van der Waals surface area contributed by atoms with E-state index in [1.54, 1.807) is 54.7 Å². The molecular formula is C21H17NO3S. The molecule has 26 heavy (non-hydrogen) atoms. The van der Waals surface area contributed by atoms with Crippen molar-refractivity contribution in [1.82, 2.24) is 4.98 Å². The van der Waals surface area contributed by atoms with Crippen molar-refractivity contribution in [2.45, 2.75) is 11.1 Å². The zero-order chi connectivity index (χ0) is 18.4. The van der Waals surface area contributed by atoms with Gasteiger partial charge in [0, 0.05) is 17.3 Å². The summed E-state index contributed by atoms with van der Waals surface area (Å²) in [4.78, 5) is 29.9. The van der Waals surface area contributed by atoms with Crippen LogP contribution < -0.4 is 0 Å². The molecule has 1 atom stereocenters. The van der Waals surface area contributed by atoms with Crippen LogP contribution in [-0.2, 0) is 4.74 Å². The van der Waals surface area contributed by atoms with E-state index in [-0.39, 0.29) is 5.78 Å². The molecule has 1 aromatic heterocycles. The van der Waals surface area contributed by atoms with Crippen LogP contribution >= 0.6 is 11.8 Å². The summed E-state index contributed by atoms with van der Waals surface area (Å²) in [5.74, 6) is -0.833. The number of nitrogens with zero attached hydrogens (tertiary/aromatic N) is 1. The predicted molar refractivity (Wildman–Crippen MR) is 101 cm³/mol. The minimum Gasteiger partial charge on any atom is -0.445 e. The molecule has 2 aromatic carbocycles. The Balaban J connectivity index is 1.94. The third-order valence-electron chi connectivity index (χ3n) is 3.81. The van der Waals surface area contributed by atoms with E-state index in [2.05, 4.69) is 4.98 Å². The molecule has 5 heteroatoms. The Morgan fingerprint density at radius 2 is 1.58 bits per heavy atom. The normalized spacial score (nSPS) is 11.6. The van der Waals surface area contributed by atoms with Crippen LogP contribution in [0.25, 0.3) is 0 Å². The summed E-state index contributed by atoms with van der Waals surface area (Å²) in [7, 11) is 0. The van der Waals surface area contributed by atoms with Crippen LogP contribution in [0.1, 0.15) is 32.4 Å². The number of hydrogen-bond acceptors (Lipinski definition) is 5. The first-order valence-corrected chi connectivity index (χ1v) is 9.27. The fourth-order valence-corrected chi connectivity index (χ4v) is 3.07. The van der Waals surface area contributed by atoms with E-state index in [1.807, 2.05) is 30.5 Å². The lowest BCUT2D eigenvalue weighted by Crippen LogP contribution is -2.20. The Morgan fingerprint density at radius 1 is 0.923 bits per heavy atom. The Bertz CT molecular complexity index is 897. The number of Topliss-reactive ketones (excluding diaryl/α,β-unsaturated/α-hetero) is 1. The number of benzene rings is 2. The molecule has 0 saturated carbocycles. The number of ketones is 1. The van der Waals surface area contributed by atoms with Gasteiger partial charge in [0.15, 0.2) is 6.10 Å². The Hall–Kier alpha value is -2.92. The summed E-state index contributed by atoms with van der Waals surface area (Å²) in [5.41, 5.74) is 1.47. The smallest absolute Gasteiger partial charge is 0.341 e.